The zero-order valence-corrected chi connectivity index (χ0v) is 14.9. The molecule has 1 aromatic rings. The third-order valence-corrected chi connectivity index (χ3v) is 4.75. The summed E-state index contributed by atoms with van der Waals surface area (Å²) in [6, 6.07) is 4.24. The molecule has 1 aliphatic heterocycles. The molecule has 0 N–H and O–H groups in total. The maximum atomic E-state index is 12.5. The van der Waals surface area contributed by atoms with Gasteiger partial charge in [-0.05, 0) is 12.8 Å². The highest BCUT2D eigenvalue weighted by Gasteiger charge is 2.25. The molecule has 1 saturated heterocycles. The summed E-state index contributed by atoms with van der Waals surface area (Å²) in [6.07, 6.45) is 3.25. The lowest BCUT2D eigenvalue weighted by Crippen LogP contribution is -2.41. The Kier molecular flexibility index (Phi) is 7.84. The maximum absolute atomic E-state index is 12.5. The lowest BCUT2D eigenvalue weighted by molar-refractivity contribution is -0.622. The number of rotatable bonds is 5. The van der Waals surface area contributed by atoms with E-state index in [9.17, 15) is 10.5 Å². The molecule has 0 bridgehead atoms. The van der Waals surface area contributed by atoms with Crippen molar-refractivity contribution in [3.05, 3.63) is 28.2 Å². The zero-order chi connectivity index (χ0) is 15.2. The summed E-state index contributed by atoms with van der Waals surface area (Å²) in [6.45, 7) is 6.04. The monoisotopic (exact) mass is 341 g/mol. The number of halogens is 1. The van der Waals surface area contributed by atoms with Crippen molar-refractivity contribution in [2.75, 3.05) is 29.5 Å². The number of aromatic nitrogens is 1. The van der Waals surface area contributed by atoms with Crippen molar-refractivity contribution in [2.45, 2.75) is 39.5 Å². The Bertz CT molecular complexity index is 539. The summed E-state index contributed by atoms with van der Waals surface area (Å²) in [5.74, 6) is 2.17. The zero-order valence-electron chi connectivity index (χ0n) is 13.3. The SMILES string of the molecule is CCCc1cc(N2CCSCC2)c(C#N)c(CCC)[n+]1[O-].Cl. The van der Waals surface area contributed by atoms with Gasteiger partial charge < -0.3 is 10.1 Å². The average Bonchev–Trinajstić information content (AvgIpc) is 2.52. The lowest BCUT2D eigenvalue weighted by Gasteiger charge is -2.29. The van der Waals surface area contributed by atoms with Gasteiger partial charge in [0.2, 0.25) is 5.69 Å². The maximum Gasteiger partial charge on any atom is 0.212 e. The summed E-state index contributed by atoms with van der Waals surface area (Å²) in [5, 5.41) is 22.1. The number of anilines is 1. The van der Waals surface area contributed by atoms with Crippen molar-refractivity contribution in [3.8, 4) is 6.07 Å². The van der Waals surface area contributed by atoms with Gasteiger partial charge in [0.25, 0.3) is 0 Å². The van der Waals surface area contributed by atoms with Gasteiger partial charge >= 0.3 is 0 Å². The predicted octanol–water partition coefficient (Wildman–Crippen LogP) is 3.07. The minimum absolute atomic E-state index is 0. The van der Waals surface area contributed by atoms with E-state index in [0.29, 0.717) is 17.7 Å². The Balaban J connectivity index is 0.00000242. The van der Waals surface area contributed by atoms with Crippen molar-refractivity contribution in [3.63, 3.8) is 0 Å². The summed E-state index contributed by atoms with van der Waals surface area (Å²) < 4.78 is 1.01. The molecule has 0 amide bonds. The smallest absolute Gasteiger partial charge is 0.212 e. The fraction of sp³-hybridized carbons (Fsp3) is 0.625. The molecule has 2 rings (SSSR count). The van der Waals surface area contributed by atoms with Crippen LogP contribution in [0.15, 0.2) is 6.07 Å². The Morgan fingerprint density at radius 1 is 1.27 bits per heavy atom. The third-order valence-electron chi connectivity index (χ3n) is 3.81. The van der Waals surface area contributed by atoms with Crippen LogP contribution in [-0.4, -0.2) is 24.6 Å². The first-order chi connectivity index (χ1) is 10.2. The van der Waals surface area contributed by atoms with E-state index in [1.54, 1.807) is 0 Å². The van der Waals surface area contributed by atoms with Crippen LogP contribution in [0.1, 0.15) is 43.6 Å². The molecule has 0 unspecified atom stereocenters. The average molecular weight is 342 g/mol. The number of nitrogens with zero attached hydrogens (tertiary/aromatic N) is 3. The first-order valence-electron chi connectivity index (χ1n) is 7.74. The molecule has 0 atom stereocenters. The first-order valence-corrected chi connectivity index (χ1v) is 8.89. The number of aryl methyl sites for hydroxylation is 1. The Morgan fingerprint density at radius 3 is 2.45 bits per heavy atom. The van der Waals surface area contributed by atoms with Gasteiger partial charge in [0, 0.05) is 43.5 Å². The van der Waals surface area contributed by atoms with Gasteiger partial charge in [0.1, 0.15) is 11.6 Å². The minimum atomic E-state index is 0. The summed E-state index contributed by atoms with van der Waals surface area (Å²) in [5.41, 5.74) is 3.00. The molecule has 4 nitrogen and oxygen atoms in total. The van der Waals surface area contributed by atoms with Crippen LogP contribution in [0.5, 0.6) is 0 Å². The summed E-state index contributed by atoms with van der Waals surface area (Å²) in [4.78, 5) is 2.27. The van der Waals surface area contributed by atoms with Gasteiger partial charge in [-0.25, -0.2) is 0 Å². The second-order valence-corrected chi connectivity index (χ2v) is 6.57. The molecule has 0 aromatic carbocycles. The minimum Gasteiger partial charge on any atom is -0.618 e. The van der Waals surface area contributed by atoms with E-state index in [2.05, 4.69) is 17.9 Å². The largest absolute Gasteiger partial charge is 0.618 e. The van der Waals surface area contributed by atoms with Gasteiger partial charge in [0.05, 0.1) is 5.69 Å². The van der Waals surface area contributed by atoms with Crippen LogP contribution in [0.4, 0.5) is 5.69 Å². The van der Waals surface area contributed by atoms with E-state index in [4.69, 9.17) is 0 Å². The molecule has 2 heterocycles. The van der Waals surface area contributed by atoms with E-state index in [1.165, 1.54) is 0 Å². The van der Waals surface area contributed by atoms with Crippen LogP contribution in [0.2, 0.25) is 0 Å². The van der Waals surface area contributed by atoms with Crippen LogP contribution in [0, 0.1) is 16.5 Å². The van der Waals surface area contributed by atoms with E-state index >= 15 is 0 Å². The van der Waals surface area contributed by atoms with Crippen molar-refractivity contribution in [2.24, 2.45) is 0 Å². The second-order valence-electron chi connectivity index (χ2n) is 5.35. The molecule has 0 aliphatic carbocycles. The van der Waals surface area contributed by atoms with Gasteiger partial charge in [-0.3, -0.25) is 0 Å². The van der Waals surface area contributed by atoms with Gasteiger partial charge in [0.15, 0.2) is 5.69 Å². The fourth-order valence-electron chi connectivity index (χ4n) is 2.78. The molecule has 6 heteroatoms. The molecule has 0 radical (unpaired) electrons. The van der Waals surface area contributed by atoms with E-state index < -0.39 is 0 Å². The summed E-state index contributed by atoms with van der Waals surface area (Å²) in [7, 11) is 0. The topological polar surface area (TPSA) is 54.0 Å². The molecule has 122 valence electrons. The van der Waals surface area contributed by atoms with E-state index in [-0.39, 0.29) is 12.4 Å². The van der Waals surface area contributed by atoms with Crippen LogP contribution in [0.3, 0.4) is 0 Å². The van der Waals surface area contributed by atoms with Crippen LogP contribution >= 0.6 is 24.2 Å². The molecule has 0 saturated carbocycles. The van der Waals surface area contributed by atoms with Crippen molar-refractivity contribution in [1.29, 1.82) is 5.26 Å². The van der Waals surface area contributed by atoms with Crippen LogP contribution in [0.25, 0.3) is 0 Å². The van der Waals surface area contributed by atoms with Crippen molar-refractivity contribution in [1.82, 2.24) is 0 Å². The Morgan fingerprint density at radius 2 is 1.91 bits per heavy atom. The Labute approximate surface area is 143 Å². The van der Waals surface area contributed by atoms with Gasteiger partial charge in [-0.1, -0.05) is 13.8 Å². The third kappa shape index (κ3) is 3.99. The van der Waals surface area contributed by atoms with E-state index in [0.717, 1.165) is 60.0 Å². The molecular formula is C16H24ClN3OS. The predicted molar refractivity (Wildman–Crippen MR) is 94.9 cm³/mol. The second kappa shape index (κ2) is 9.12. The molecule has 0 spiro atoms. The van der Waals surface area contributed by atoms with Crippen molar-refractivity contribution < 1.29 is 4.73 Å². The normalized spacial score (nSPS) is 14.3. The number of pyridine rings is 1. The quantitative estimate of drug-likeness (QED) is 0.610. The van der Waals surface area contributed by atoms with E-state index in [1.807, 2.05) is 24.8 Å². The fourth-order valence-corrected chi connectivity index (χ4v) is 3.68. The summed E-state index contributed by atoms with van der Waals surface area (Å²) >= 11 is 1.95. The van der Waals surface area contributed by atoms with Crippen molar-refractivity contribution >= 4 is 29.9 Å². The molecule has 1 aromatic heterocycles. The Hall–Kier alpha value is -1.12. The highest BCUT2D eigenvalue weighted by Crippen LogP contribution is 2.26. The van der Waals surface area contributed by atoms with Crippen LogP contribution < -0.4 is 9.63 Å². The molecule has 22 heavy (non-hydrogen) atoms. The first kappa shape index (κ1) is 18.9. The number of hydrogen-bond donors (Lipinski definition) is 0. The number of thioether (sulfide) groups is 1. The highest BCUT2D eigenvalue weighted by atomic mass is 35.5. The van der Waals surface area contributed by atoms with Gasteiger partial charge in [-0.2, -0.15) is 21.8 Å². The molecule has 1 fully saturated rings. The van der Waals surface area contributed by atoms with Gasteiger partial charge in [-0.15, -0.1) is 12.4 Å². The molecule has 1 aliphatic rings. The standard InChI is InChI=1S/C16H23N3OS.ClH/c1-3-5-13-11-16(18-7-9-21-10-8-18)14(12-17)15(6-4-2)19(13)20;/h11H,3-10H2,1-2H3;1H. The highest BCUT2D eigenvalue weighted by molar-refractivity contribution is 7.99. The number of nitriles is 1. The van der Waals surface area contributed by atoms with Crippen LogP contribution in [-0.2, 0) is 12.8 Å². The molecular weight excluding hydrogens is 318 g/mol. The number of hydrogen-bond acceptors (Lipinski definition) is 4. The lowest BCUT2D eigenvalue weighted by atomic mass is 10.0.